The quantitative estimate of drug-likeness (QED) is 0.834. The van der Waals surface area contributed by atoms with Crippen LogP contribution in [-0.2, 0) is 32.2 Å². The van der Waals surface area contributed by atoms with E-state index in [1.54, 1.807) is 31.4 Å². The average molecular weight is 345 g/mol. The Bertz CT molecular complexity index is 655. The van der Waals surface area contributed by atoms with Gasteiger partial charge in [-0.2, -0.15) is 4.31 Å². The molecule has 1 atom stereocenters. The summed E-state index contributed by atoms with van der Waals surface area (Å²) in [6.07, 6.45) is 0.589. The summed E-state index contributed by atoms with van der Waals surface area (Å²) in [6, 6.07) is 6.88. The van der Waals surface area contributed by atoms with Crippen molar-refractivity contribution in [1.82, 2.24) is 4.31 Å². The van der Waals surface area contributed by atoms with Gasteiger partial charge in [-0.1, -0.05) is 18.2 Å². The lowest BCUT2D eigenvalue weighted by atomic mass is 10.1. The maximum atomic E-state index is 12.9. The molecule has 0 amide bonds. The van der Waals surface area contributed by atoms with Crippen LogP contribution in [-0.4, -0.2) is 47.6 Å². The molecule has 1 aliphatic heterocycles. The highest BCUT2D eigenvalue weighted by Crippen LogP contribution is 2.27. The molecular formula is C15H23NO4S2. The van der Waals surface area contributed by atoms with Gasteiger partial charge in [0.1, 0.15) is 0 Å². The summed E-state index contributed by atoms with van der Waals surface area (Å²) in [5, 5.41) is 0. The maximum absolute atomic E-state index is 12.9. The van der Waals surface area contributed by atoms with E-state index in [1.807, 2.05) is 13.8 Å². The van der Waals surface area contributed by atoms with Crippen LogP contribution >= 0.6 is 0 Å². The summed E-state index contributed by atoms with van der Waals surface area (Å²) < 4.78 is 44.2. The highest BCUT2D eigenvalue weighted by molar-refractivity contribution is 7.89. The van der Waals surface area contributed by atoms with Crippen molar-refractivity contribution in [1.29, 1.82) is 0 Å². The summed E-state index contributed by atoms with van der Waals surface area (Å²) >= 11 is 0. The number of hydrogen-bond donors (Lipinski definition) is 0. The van der Waals surface area contributed by atoms with Crippen molar-refractivity contribution >= 4 is 20.8 Å². The zero-order valence-corrected chi connectivity index (χ0v) is 14.9. The molecule has 1 aromatic rings. The van der Waals surface area contributed by atoms with Crippen molar-refractivity contribution in [3.8, 4) is 0 Å². The number of rotatable bonds is 4. The number of nitrogens with zero attached hydrogens (tertiary/aromatic N) is 1. The van der Waals surface area contributed by atoms with Crippen LogP contribution in [0.2, 0.25) is 0 Å². The lowest BCUT2D eigenvalue weighted by Crippen LogP contribution is -2.34. The van der Waals surface area contributed by atoms with Crippen molar-refractivity contribution < 1.29 is 17.4 Å². The largest absolute Gasteiger partial charge is 0.380 e. The minimum Gasteiger partial charge on any atom is -0.380 e. The van der Waals surface area contributed by atoms with E-state index < -0.39 is 20.8 Å². The first-order valence-corrected chi connectivity index (χ1v) is 10.0. The third kappa shape index (κ3) is 3.59. The van der Waals surface area contributed by atoms with E-state index in [2.05, 4.69) is 0 Å². The predicted octanol–water partition coefficient (Wildman–Crippen LogP) is 1.75. The Morgan fingerprint density at radius 1 is 1.27 bits per heavy atom. The van der Waals surface area contributed by atoms with Gasteiger partial charge < -0.3 is 4.74 Å². The predicted molar refractivity (Wildman–Crippen MR) is 87.6 cm³/mol. The van der Waals surface area contributed by atoms with Crippen molar-refractivity contribution in [2.24, 2.45) is 0 Å². The first kappa shape index (κ1) is 17.6. The van der Waals surface area contributed by atoms with Crippen LogP contribution in [0.3, 0.4) is 0 Å². The zero-order valence-electron chi connectivity index (χ0n) is 13.2. The monoisotopic (exact) mass is 345 g/mol. The summed E-state index contributed by atoms with van der Waals surface area (Å²) in [7, 11) is -3.07. The average Bonchev–Trinajstić information content (AvgIpc) is 2.60. The van der Waals surface area contributed by atoms with Crippen LogP contribution in [0.15, 0.2) is 29.2 Å². The Morgan fingerprint density at radius 2 is 1.95 bits per heavy atom. The molecule has 1 aliphatic rings. The van der Waals surface area contributed by atoms with Gasteiger partial charge in [0, 0.05) is 41.5 Å². The van der Waals surface area contributed by atoms with E-state index in [9.17, 15) is 12.6 Å². The highest BCUT2D eigenvalue weighted by Gasteiger charge is 2.35. The fourth-order valence-corrected chi connectivity index (χ4v) is 5.51. The smallest absolute Gasteiger partial charge is 0.243 e. The Labute approximate surface area is 135 Å². The number of ether oxygens (including phenoxy) is 1. The van der Waals surface area contributed by atoms with E-state index in [0.29, 0.717) is 30.8 Å². The van der Waals surface area contributed by atoms with E-state index in [0.717, 1.165) is 0 Å². The van der Waals surface area contributed by atoms with Crippen molar-refractivity contribution in [3.63, 3.8) is 0 Å². The molecule has 1 saturated heterocycles. The minimum absolute atomic E-state index is 0.251. The van der Waals surface area contributed by atoms with Crippen LogP contribution in [0, 0.1) is 0 Å². The second-order valence-corrected chi connectivity index (χ2v) is 10.1. The number of methoxy groups -OCH3 is 1. The van der Waals surface area contributed by atoms with Crippen LogP contribution in [0.5, 0.6) is 0 Å². The van der Waals surface area contributed by atoms with E-state index in [4.69, 9.17) is 4.74 Å². The number of sulfonamides is 1. The SMILES string of the molecule is COCc1ccccc1S(=O)(=O)N1CCS(=O)C(C)(C)CC1. The molecule has 0 aliphatic carbocycles. The summed E-state index contributed by atoms with van der Waals surface area (Å²) in [4.78, 5) is 0.280. The molecular weight excluding hydrogens is 322 g/mol. The third-order valence-electron chi connectivity index (χ3n) is 4.00. The van der Waals surface area contributed by atoms with Crippen molar-refractivity contribution in [2.75, 3.05) is 26.0 Å². The van der Waals surface area contributed by atoms with Crippen molar-refractivity contribution in [2.45, 2.75) is 36.5 Å². The fourth-order valence-electron chi connectivity index (χ4n) is 2.49. The van der Waals surface area contributed by atoms with Gasteiger partial charge in [0.2, 0.25) is 10.0 Å². The summed E-state index contributed by atoms with van der Waals surface area (Å²) in [5.74, 6) is 0.374. The molecule has 0 spiro atoms. The molecule has 5 nitrogen and oxygen atoms in total. The van der Waals surface area contributed by atoms with Crippen LogP contribution in [0.1, 0.15) is 25.8 Å². The van der Waals surface area contributed by atoms with Crippen molar-refractivity contribution in [3.05, 3.63) is 29.8 Å². The fraction of sp³-hybridized carbons (Fsp3) is 0.600. The lowest BCUT2D eigenvalue weighted by molar-refractivity contribution is 0.182. The second kappa shape index (κ2) is 6.78. The van der Waals surface area contributed by atoms with Gasteiger partial charge >= 0.3 is 0 Å². The van der Waals surface area contributed by atoms with Crippen LogP contribution in [0.25, 0.3) is 0 Å². The maximum Gasteiger partial charge on any atom is 0.243 e. The van der Waals surface area contributed by atoms with Gasteiger partial charge in [-0.15, -0.1) is 0 Å². The molecule has 1 fully saturated rings. The third-order valence-corrected chi connectivity index (χ3v) is 7.99. The summed E-state index contributed by atoms with van der Waals surface area (Å²) in [6.45, 7) is 4.79. The Hall–Kier alpha value is -0.760. The van der Waals surface area contributed by atoms with Crippen LogP contribution < -0.4 is 0 Å². The molecule has 2 rings (SSSR count). The minimum atomic E-state index is -3.59. The van der Waals surface area contributed by atoms with Gasteiger partial charge in [-0.3, -0.25) is 4.21 Å². The topological polar surface area (TPSA) is 63.7 Å². The van der Waals surface area contributed by atoms with Gasteiger partial charge in [-0.25, -0.2) is 8.42 Å². The molecule has 22 heavy (non-hydrogen) atoms. The lowest BCUT2D eigenvalue weighted by Gasteiger charge is -2.23. The van der Waals surface area contributed by atoms with E-state index >= 15 is 0 Å². The first-order chi connectivity index (χ1) is 10.3. The van der Waals surface area contributed by atoms with Gasteiger partial charge in [0.15, 0.2) is 0 Å². The van der Waals surface area contributed by atoms with Gasteiger partial charge in [0.05, 0.1) is 11.5 Å². The van der Waals surface area contributed by atoms with E-state index in [-0.39, 0.29) is 16.2 Å². The number of benzene rings is 1. The summed E-state index contributed by atoms with van der Waals surface area (Å²) in [5.41, 5.74) is 0.648. The Balaban J connectivity index is 2.33. The molecule has 1 unspecified atom stereocenters. The standard InChI is InChI=1S/C15H23NO4S2/c1-15(2)8-9-16(10-11-21(15)17)22(18,19)14-7-5-4-6-13(14)12-20-3/h4-7H,8-12H2,1-3H3. The zero-order chi connectivity index (χ0) is 16.4. The molecule has 0 radical (unpaired) electrons. The normalized spacial score (nSPS) is 23.1. The molecule has 7 heteroatoms. The Kier molecular flexibility index (Phi) is 5.42. The van der Waals surface area contributed by atoms with Crippen LogP contribution in [0.4, 0.5) is 0 Å². The Morgan fingerprint density at radius 3 is 2.64 bits per heavy atom. The molecule has 1 heterocycles. The van der Waals surface area contributed by atoms with Gasteiger partial charge in [0.25, 0.3) is 0 Å². The molecule has 0 N–H and O–H groups in total. The van der Waals surface area contributed by atoms with Gasteiger partial charge in [-0.05, 0) is 31.9 Å². The first-order valence-electron chi connectivity index (χ1n) is 7.24. The molecule has 0 saturated carbocycles. The molecule has 0 aromatic heterocycles. The second-order valence-electron chi connectivity index (χ2n) is 6.00. The molecule has 1 aromatic carbocycles. The number of hydrogen-bond acceptors (Lipinski definition) is 4. The van der Waals surface area contributed by atoms with E-state index in [1.165, 1.54) is 4.31 Å². The molecule has 124 valence electrons. The highest BCUT2D eigenvalue weighted by atomic mass is 32.2. The molecule has 0 bridgehead atoms.